The zero-order chi connectivity index (χ0) is 29.7. The Morgan fingerprint density at radius 3 is 1.20 bits per heavy atom. The molecule has 0 spiro atoms. The van der Waals surface area contributed by atoms with Crippen LogP contribution in [-0.4, -0.2) is 111 Å². The Morgan fingerprint density at radius 1 is 0.700 bits per heavy atom. The van der Waals surface area contributed by atoms with Crippen molar-refractivity contribution in [2.75, 3.05) is 53.4 Å². The first kappa shape index (κ1) is 45.0. The molecule has 2 amide bonds. The van der Waals surface area contributed by atoms with Gasteiger partial charge in [0.1, 0.15) is 0 Å². The van der Waals surface area contributed by atoms with Crippen molar-refractivity contribution in [1.82, 2.24) is 20.4 Å². The minimum atomic E-state index is -0.465. The Labute approximate surface area is 270 Å². The van der Waals surface area contributed by atoms with Crippen LogP contribution >= 0.6 is 0 Å². The van der Waals surface area contributed by atoms with E-state index in [-0.39, 0.29) is 80.1 Å². The summed E-state index contributed by atoms with van der Waals surface area (Å²) in [6.45, 7) is 12.7. The van der Waals surface area contributed by atoms with E-state index in [1.807, 2.05) is 0 Å². The van der Waals surface area contributed by atoms with Crippen LogP contribution in [0.4, 0.5) is 0 Å². The van der Waals surface area contributed by atoms with Crippen LogP contribution in [-0.2, 0) is 63.9 Å². The molecule has 16 heteroatoms. The molecule has 0 saturated carbocycles. The summed E-state index contributed by atoms with van der Waals surface area (Å²) in [4.78, 5) is 57.0. The zero-order valence-corrected chi connectivity index (χ0v) is 28.7. The van der Waals surface area contributed by atoms with Gasteiger partial charge in [-0.05, 0) is 53.6 Å². The first-order valence-corrected chi connectivity index (χ1v) is 12.5. The van der Waals surface area contributed by atoms with Crippen LogP contribution in [0.25, 0.3) is 0 Å². The minimum Gasteiger partial charge on any atom is -0.370 e. The maximum atomic E-state index is 11.7. The molecular formula is C24H48N10Nb2O4-2. The Morgan fingerprint density at radius 2 is 1.00 bits per heavy atom. The number of nitrogens with zero attached hydrogens (tertiary/aromatic N) is 4. The molecule has 0 aromatic heterocycles. The summed E-state index contributed by atoms with van der Waals surface area (Å²) in [5, 5.41) is 5.88. The van der Waals surface area contributed by atoms with Gasteiger partial charge in [-0.15, -0.1) is 0 Å². The molecule has 0 fully saturated rings. The van der Waals surface area contributed by atoms with Crippen LogP contribution < -0.4 is 33.6 Å². The van der Waals surface area contributed by atoms with Crippen molar-refractivity contribution in [1.29, 1.82) is 0 Å². The molecule has 0 aromatic rings. The van der Waals surface area contributed by atoms with Gasteiger partial charge in [-0.25, -0.2) is 0 Å². The molecular weight excluding hydrogens is 678 g/mol. The normalized spacial score (nSPS) is 11.1. The average molecular weight is 727 g/mol. The number of carbonyl (C=O) groups excluding carboxylic acids is 4. The fraction of sp³-hybridized carbons (Fsp3) is 0.667. The van der Waals surface area contributed by atoms with Crippen molar-refractivity contribution in [2.45, 2.75) is 51.6 Å². The van der Waals surface area contributed by atoms with Crippen LogP contribution in [0.5, 0.6) is 0 Å². The predicted molar refractivity (Wildman–Crippen MR) is 151 cm³/mol. The molecule has 0 bridgehead atoms. The summed E-state index contributed by atoms with van der Waals surface area (Å²) in [5.74, 6) is -0.760. The number of hydrogen-bond donors (Lipinski definition) is 6. The van der Waals surface area contributed by atoms with Gasteiger partial charge >= 0.3 is 0 Å². The fourth-order valence-electron chi connectivity index (χ4n) is 3.52. The van der Waals surface area contributed by atoms with Gasteiger partial charge in [0.05, 0.1) is 23.9 Å². The summed E-state index contributed by atoms with van der Waals surface area (Å²) in [6, 6.07) is -0.930. The molecule has 0 saturated heterocycles. The van der Waals surface area contributed by atoms with Crippen molar-refractivity contribution >= 4 is 35.3 Å². The van der Waals surface area contributed by atoms with Crippen LogP contribution in [0.3, 0.4) is 0 Å². The van der Waals surface area contributed by atoms with Crippen molar-refractivity contribution in [3.63, 3.8) is 0 Å². The molecule has 10 N–H and O–H groups in total. The minimum absolute atomic E-state index is 0. The van der Waals surface area contributed by atoms with Crippen molar-refractivity contribution in [3.8, 4) is 0 Å². The van der Waals surface area contributed by atoms with Crippen LogP contribution in [0.15, 0.2) is 9.98 Å². The Kier molecular flexibility index (Phi) is 30.5. The van der Waals surface area contributed by atoms with Gasteiger partial charge in [0, 0.05) is 84.0 Å². The van der Waals surface area contributed by atoms with E-state index >= 15 is 0 Å². The number of amides is 2. The second-order valence-corrected chi connectivity index (χ2v) is 8.53. The number of hydrogen-bond acceptors (Lipinski definition) is 8. The topological polar surface area (TPSA) is 228 Å². The average Bonchev–Trinajstić information content (AvgIpc) is 2.81. The Bertz CT molecular complexity index is 728. The molecule has 230 valence electrons. The Hall–Kier alpha value is -2.04. The van der Waals surface area contributed by atoms with Crippen LogP contribution in [0.1, 0.15) is 39.5 Å². The molecule has 2 radical (unpaired) electrons. The summed E-state index contributed by atoms with van der Waals surface area (Å²) in [7, 11) is 3.57. The molecule has 2 unspecified atom stereocenters. The van der Waals surface area contributed by atoms with Gasteiger partial charge < -0.3 is 66.8 Å². The number of nitrogens with two attached hydrogens (primary N) is 4. The number of likely N-dealkylation sites (N-methyl/N-ethyl adjacent to an activating group) is 2. The van der Waals surface area contributed by atoms with Crippen molar-refractivity contribution in [2.24, 2.45) is 32.9 Å². The molecule has 0 aliphatic heterocycles. The summed E-state index contributed by atoms with van der Waals surface area (Å²) in [6.07, 6.45) is 2.31. The van der Waals surface area contributed by atoms with E-state index in [1.54, 1.807) is 14.1 Å². The van der Waals surface area contributed by atoms with Gasteiger partial charge in [-0.2, -0.15) is 0 Å². The summed E-state index contributed by atoms with van der Waals surface area (Å²) in [5.41, 5.74) is 20.9. The third kappa shape index (κ3) is 22.7. The van der Waals surface area contributed by atoms with Crippen LogP contribution in [0.2, 0.25) is 0 Å². The second kappa shape index (κ2) is 27.1. The molecule has 0 aliphatic carbocycles. The maximum absolute atomic E-state index is 11.7. The second-order valence-electron chi connectivity index (χ2n) is 8.53. The fourth-order valence-corrected chi connectivity index (χ4v) is 3.52. The number of nitrogens with one attached hydrogen (secondary N) is 2. The SMILES string of the molecule is [CH2-]C(=O)N(CCNC)C(CCCN=C(N)N)C(C)=O.[CH2-]C(=O)N(CCNC)C(CCCN=C(N)N)C(C)=O.[Nb].[Nb]. The molecule has 40 heavy (non-hydrogen) atoms. The monoisotopic (exact) mass is 726 g/mol. The third-order valence-corrected chi connectivity index (χ3v) is 5.40. The van der Waals surface area contributed by atoms with E-state index in [2.05, 4.69) is 34.5 Å². The van der Waals surface area contributed by atoms with Gasteiger partial charge in [-0.1, -0.05) is 0 Å². The molecule has 0 aliphatic rings. The largest absolute Gasteiger partial charge is 0.370 e. The third-order valence-electron chi connectivity index (χ3n) is 5.40. The molecule has 0 aromatic carbocycles. The standard InChI is InChI=1S/2C12H24N5O2.2Nb/c2*1-9(18)11(5-4-6-16-12(13)14)17(10(2)19)8-7-15-3;;/h2*11,15H,2,4-8H2,1,3H3,(H4,13,14,16);;/q2*-1;;. The summed E-state index contributed by atoms with van der Waals surface area (Å²) < 4.78 is 0. The number of guanidine groups is 2. The van der Waals surface area contributed by atoms with E-state index in [4.69, 9.17) is 22.9 Å². The van der Waals surface area contributed by atoms with Gasteiger partial charge in [0.25, 0.3) is 0 Å². The predicted octanol–water partition coefficient (Wildman–Crippen LogP) is -2.25. The zero-order valence-electron chi connectivity index (χ0n) is 24.3. The number of Topliss-reactive ketones (excluding diaryl/α,β-unsaturated/α-hetero) is 2. The summed E-state index contributed by atoms with van der Waals surface area (Å²) >= 11 is 0. The van der Waals surface area contributed by atoms with E-state index in [1.165, 1.54) is 23.6 Å². The van der Waals surface area contributed by atoms with E-state index < -0.39 is 12.1 Å². The van der Waals surface area contributed by atoms with E-state index in [9.17, 15) is 19.2 Å². The Balaban J connectivity index is -0.000000309. The number of ketones is 2. The number of aliphatic imine (C=N–C) groups is 2. The maximum Gasteiger partial charge on any atom is 0.185 e. The van der Waals surface area contributed by atoms with Crippen molar-refractivity contribution < 1.29 is 63.9 Å². The first-order chi connectivity index (χ1) is 17.8. The van der Waals surface area contributed by atoms with Crippen molar-refractivity contribution in [3.05, 3.63) is 13.8 Å². The molecule has 2 atom stereocenters. The number of rotatable bonds is 18. The van der Waals surface area contributed by atoms with E-state index in [0.29, 0.717) is 65.0 Å². The quantitative estimate of drug-likeness (QED) is 0.0293. The molecule has 0 rings (SSSR count). The van der Waals surface area contributed by atoms with Crippen LogP contribution in [0, 0.1) is 13.8 Å². The first-order valence-electron chi connectivity index (χ1n) is 12.5. The van der Waals surface area contributed by atoms with Gasteiger partial charge in [-0.3, -0.25) is 19.6 Å². The van der Waals surface area contributed by atoms with Gasteiger partial charge in [0.15, 0.2) is 23.5 Å². The van der Waals surface area contributed by atoms with Gasteiger partial charge in [0.2, 0.25) is 0 Å². The number of carbonyl (C=O) groups is 4. The smallest absolute Gasteiger partial charge is 0.185 e. The van der Waals surface area contributed by atoms with E-state index in [0.717, 1.165) is 0 Å². The molecule has 0 heterocycles. The molecule has 14 nitrogen and oxygen atoms in total.